The molecule has 48 heavy (non-hydrogen) atoms. The quantitative estimate of drug-likeness (QED) is 0.201. The van der Waals surface area contributed by atoms with Crippen LogP contribution >= 0.6 is 0 Å². The van der Waals surface area contributed by atoms with Gasteiger partial charge in [0.15, 0.2) is 5.67 Å². The highest BCUT2D eigenvalue weighted by molar-refractivity contribution is 6.08. The molecule has 5 N–H and O–H groups in total. The number of aromatic nitrogens is 2. The van der Waals surface area contributed by atoms with Gasteiger partial charge in [0.1, 0.15) is 29.3 Å². The van der Waals surface area contributed by atoms with Crippen LogP contribution in [0.1, 0.15) is 46.9 Å². The molecule has 2 aromatic carbocycles. The van der Waals surface area contributed by atoms with Gasteiger partial charge in [0.25, 0.3) is 11.8 Å². The summed E-state index contributed by atoms with van der Waals surface area (Å²) in [5.41, 5.74) is -2.46. The van der Waals surface area contributed by atoms with Crippen LogP contribution in [0.3, 0.4) is 0 Å². The predicted molar refractivity (Wildman–Crippen MR) is 162 cm³/mol. The number of halogens is 5. The molecule has 0 radical (unpaired) electrons. The maximum Gasteiger partial charge on any atom is 0.424 e. The number of anilines is 1. The molecule has 1 aliphatic carbocycles. The SMILES string of the molecule is Cc1cnc2c(NC(=O)C3(F)CC3)cc(C(=O)NCC(O)(c3cc4c(c(-c5ccc(F)cc5)n3)OC[C@]4(C)C(N)=O)C(F)(F)F)cc2c1. The molecule has 1 aliphatic heterocycles. The lowest BCUT2D eigenvalue weighted by molar-refractivity contribution is -0.265. The zero-order valence-electron chi connectivity index (χ0n) is 25.5. The lowest BCUT2D eigenvalue weighted by Crippen LogP contribution is -2.51. The van der Waals surface area contributed by atoms with Gasteiger partial charge >= 0.3 is 6.18 Å². The van der Waals surface area contributed by atoms with Gasteiger partial charge in [-0.1, -0.05) is 0 Å². The molecule has 2 aromatic heterocycles. The van der Waals surface area contributed by atoms with Crippen molar-refractivity contribution in [1.82, 2.24) is 15.3 Å². The number of ether oxygens (including phenoxy) is 1. The maximum atomic E-state index is 14.8. The van der Waals surface area contributed by atoms with E-state index in [0.717, 1.165) is 24.3 Å². The molecule has 250 valence electrons. The molecule has 4 aromatic rings. The molecule has 1 unspecified atom stereocenters. The Morgan fingerprint density at radius 3 is 2.40 bits per heavy atom. The minimum Gasteiger partial charge on any atom is -0.489 e. The average Bonchev–Trinajstić information content (AvgIpc) is 3.70. The fourth-order valence-electron chi connectivity index (χ4n) is 5.41. The van der Waals surface area contributed by atoms with Gasteiger partial charge in [-0.25, -0.2) is 13.8 Å². The van der Waals surface area contributed by atoms with Crippen LogP contribution in [0.2, 0.25) is 0 Å². The number of carbonyl (C=O) groups excluding carboxylic acids is 3. The fourth-order valence-corrected chi connectivity index (χ4v) is 5.41. The number of hydrogen-bond donors (Lipinski definition) is 4. The highest BCUT2D eigenvalue weighted by Gasteiger charge is 2.58. The topological polar surface area (TPSA) is 157 Å². The van der Waals surface area contributed by atoms with Gasteiger partial charge in [0.05, 0.1) is 23.4 Å². The number of primary amides is 1. The first-order valence-electron chi connectivity index (χ1n) is 14.7. The normalized spacial score (nSPS) is 19.2. The van der Waals surface area contributed by atoms with Crippen LogP contribution in [-0.2, 0) is 20.6 Å². The number of carbonyl (C=O) groups is 3. The van der Waals surface area contributed by atoms with E-state index in [1.807, 2.05) is 0 Å². The third-order valence-corrected chi connectivity index (χ3v) is 8.66. The Bertz CT molecular complexity index is 2000. The minimum atomic E-state index is -5.44. The molecule has 10 nitrogen and oxygen atoms in total. The summed E-state index contributed by atoms with van der Waals surface area (Å²) in [5, 5.41) is 16.2. The molecule has 1 saturated carbocycles. The van der Waals surface area contributed by atoms with Gasteiger partial charge in [-0.2, -0.15) is 13.2 Å². The predicted octanol–water partition coefficient (Wildman–Crippen LogP) is 4.50. The third kappa shape index (κ3) is 5.57. The number of benzene rings is 2. The first kappa shape index (κ1) is 32.7. The summed E-state index contributed by atoms with van der Waals surface area (Å²) in [6.07, 6.45) is -3.91. The summed E-state index contributed by atoms with van der Waals surface area (Å²) in [6, 6.07) is 9.50. The molecule has 2 atom stereocenters. The monoisotopic (exact) mass is 669 g/mol. The molecule has 15 heteroatoms. The Morgan fingerprint density at radius 1 is 1.08 bits per heavy atom. The summed E-state index contributed by atoms with van der Waals surface area (Å²) < 4.78 is 78.2. The van der Waals surface area contributed by atoms with Crippen LogP contribution < -0.4 is 21.1 Å². The second-order valence-electron chi connectivity index (χ2n) is 12.3. The summed E-state index contributed by atoms with van der Waals surface area (Å²) >= 11 is 0. The summed E-state index contributed by atoms with van der Waals surface area (Å²) in [4.78, 5) is 46.7. The van der Waals surface area contributed by atoms with Crippen molar-refractivity contribution >= 4 is 34.3 Å². The van der Waals surface area contributed by atoms with E-state index in [4.69, 9.17) is 10.5 Å². The molecular formula is C33H28F5N5O5. The third-order valence-electron chi connectivity index (χ3n) is 8.66. The van der Waals surface area contributed by atoms with Crippen molar-refractivity contribution < 1.29 is 46.2 Å². The number of aryl methyl sites for hydroxylation is 1. The molecule has 0 spiro atoms. The summed E-state index contributed by atoms with van der Waals surface area (Å²) in [7, 11) is 0. The summed E-state index contributed by atoms with van der Waals surface area (Å²) in [6.45, 7) is 1.28. The van der Waals surface area contributed by atoms with Gasteiger partial charge in [0, 0.05) is 28.3 Å². The maximum absolute atomic E-state index is 14.8. The minimum absolute atomic E-state index is 0.0177. The zero-order valence-corrected chi connectivity index (χ0v) is 25.5. The van der Waals surface area contributed by atoms with Gasteiger partial charge in [-0.05, 0) is 80.8 Å². The Kier molecular flexibility index (Phi) is 7.65. The number of pyridine rings is 2. The smallest absolute Gasteiger partial charge is 0.424 e. The molecular weight excluding hydrogens is 641 g/mol. The number of aliphatic hydroxyl groups is 1. The van der Waals surface area contributed by atoms with Gasteiger partial charge in [-0.3, -0.25) is 19.4 Å². The van der Waals surface area contributed by atoms with Crippen molar-refractivity contribution in [3.05, 3.63) is 82.9 Å². The Morgan fingerprint density at radius 2 is 1.77 bits per heavy atom. The van der Waals surface area contributed by atoms with Crippen LogP contribution in [0, 0.1) is 12.7 Å². The van der Waals surface area contributed by atoms with Crippen molar-refractivity contribution in [1.29, 1.82) is 0 Å². The van der Waals surface area contributed by atoms with Crippen molar-refractivity contribution in [2.45, 2.75) is 49.6 Å². The molecule has 6 rings (SSSR count). The highest BCUT2D eigenvalue weighted by atomic mass is 19.4. The number of fused-ring (bicyclic) bond motifs is 2. The van der Waals surface area contributed by atoms with Crippen molar-refractivity contribution in [2.75, 3.05) is 18.5 Å². The van der Waals surface area contributed by atoms with Crippen LogP contribution in [0.5, 0.6) is 5.75 Å². The second-order valence-corrected chi connectivity index (χ2v) is 12.3. The molecule has 0 saturated heterocycles. The van der Waals surface area contributed by atoms with Gasteiger partial charge in [0.2, 0.25) is 11.5 Å². The zero-order chi connectivity index (χ0) is 34.8. The van der Waals surface area contributed by atoms with Crippen molar-refractivity contribution in [2.24, 2.45) is 5.73 Å². The molecule has 0 bridgehead atoms. The standard InChI is InChI=1S/C33H28F5N5O5/c1-16-9-18-10-19(11-22(24(18)40-13-16)42-29(46)31(35)7-8-31)27(44)41-14-32(47,33(36,37)38)23-12-21-26(48-15-30(21,2)28(39)45)25(43-23)17-3-5-20(34)6-4-17/h3-6,9-13,47H,7-8,14-15H2,1-2H3,(H2,39,45)(H,41,44)(H,42,46)/t30-,32?/m0/s1. The number of hydrogen-bond acceptors (Lipinski definition) is 7. The number of rotatable bonds is 8. The largest absolute Gasteiger partial charge is 0.489 e. The Labute approximate surface area is 269 Å². The van der Waals surface area contributed by atoms with E-state index < -0.39 is 58.6 Å². The Balaban J connectivity index is 1.40. The molecule has 1 fully saturated rings. The van der Waals surface area contributed by atoms with E-state index in [-0.39, 0.29) is 58.8 Å². The van der Waals surface area contributed by atoms with Crippen LogP contribution in [0.25, 0.3) is 22.2 Å². The van der Waals surface area contributed by atoms with E-state index in [1.165, 1.54) is 31.3 Å². The number of nitrogens with zero attached hydrogens (tertiary/aromatic N) is 2. The van der Waals surface area contributed by atoms with Crippen LogP contribution in [0.15, 0.2) is 54.7 Å². The average molecular weight is 670 g/mol. The van der Waals surface area contributed by atoms with E-state index in [9.17, 15) is 41.4 Å². The van der Waals surface area contributed by atoms with E-state index in [2.05, 4.69) is 20.6 Å². The van der Waals surface area contributed by atoms with Gasteiger partial charge in [-0.15, -0.1) is 0 Å². The van der Waals surface area contributed by atoms with Crippen molar-refractivity contribution in [3.63, 3.8) is 0 Å². The van der Waals surface area contributed by atoms with E-state index in [0.29, 0.717) is 10.9 Å². The lowest BCUT2D eigenvalue weighted by atomic mass is 9.81. The van der Waals surface area contributed by atoms with Crippen LogP contribution in [-0.4, -0.2) is 57.8 Å². The van der Waals surface area contributed by atoms with Crippen LogP contribution in [0.4, 0.5) is 27.6 Å². The highest BCUT2D eigenvalue weighted by Crippen LogP contribution is 2.48. The fraction of sp³-hybridized carbons (Fsp3) is 0.303. The second kappa shape index (κ2) is 11.2. The number of nitrogens with two attached hydrogens (primary N) is 1. The Hall–Kier alpha value is -5.18. The molecule has 3 heterocycles. The number of amides is 3. The summed E-state index contributed by atoms with van der Waals surface area (Å²) in [5.74, 6) is -3.65. The number of alkyl halides is 4. The van der Waals surface area contributed by atoms with E-state index in [1.54, 1.807) is 13.0 Å². The first-order valence-corrected chi connectivity index (χ1v) is 14.7. The van der Waals surface area contributed by atoms with E-state index >= 15 is 0 Å². The molecule has 3 amide bonds. The first-order chi connectivity index (χ1) is 22.4. The lowest BCUT2D eigenvalue weighted by Gasteiger charge is -2.31. The number of nitrogens with one attached hydrogen (secondary N) is 2. The van der Waals surface area contributed by atoms with Crippen molar-refractivity contribution in [3.8, 4) is 17.0 Å². The van der Waals surface area contributed by atoms with Gasteiger partial charge < -0.3 is 26.2 Å². The molecule has 2 aliphatic rings.